The number of fused-ring (bicyclic) bond motifs is 6. The topological polar surface area (TPSA) is 23.5 Å². The fourth-order valence-electron chi connectivity index (χ4n) is 9.14. The van der Waals surface area contributed by atoms with Crippen LogP contribution < -0.4 is 4.90 Å². The van der Waals surface area contributed by atoms with Gasteiger partial charge in [-0.15, -0.1) is 0 Å². The molecule has 2 heteroatoms. The minimum absolute atomic E-state index is 0.172. The van der Waals surface area contributed by atoms with Gasteiger partial charge in [0.15, 0.2) is 0 Å². The Morgan fingerprint density at radius 2 is 0.852 bits per heavy atom. The first-order chi connectivity index (χ1) is 26.4. The van der Waals surface area contributed by atoms with Crippen LogP contribution in [-0.4, -0.2) is 5.11 Å². The van der Waals surface area contributed by atoms with Crippen LogP contribution in [0, 0.1) is 0 Å². The van der Waals surface area contributed by atoms with Crippen LogP contribution in [0.15, 0.2) is 194 Å². The summed E-state index contributed by atoms with van der Waals surface area (Å²) in [5.41, 5.74) is 15.7. The number of benzene rings is 8. The van der Waals surface area contributed by atoms with Crippen LogP contribution in [0.2, 0.25) is 0 Å². The van der Waals surface area contributed by atoms with E-state index in [4.69, 9.17) is 0 Å². The van der Waals surface area contributed by atoms with Gasteiger partial charge in [-0.3, -0.25) is 0 Å². The van der Waals surface area contributed by atoms with Crippen molar-refractivity contribution in [1.82, 2.24) is 0 Å². The summed E-state index contributed by atoms with van der Waals surface area (Å²) in [4.78, 5) is 2.36. The quantitative estimate of drug-likeness (QED) is 0.187. The summed E-state index contributed by atoms with van der Waals surface area (Å²) < 4.78 is 0. The highest BCUT2D eigenvalue weighted by molar-refractivity contribution is 5.94. The molecule has 2 aliphatic rings. The van der Waals surface area contributed by atoms with Gasteiger partial charge in [0, 0.05) is 33.5 Å². The molecule has 2 nitrogen and oxygen atoms in total. The standard InChI is InChI=1S/C52H39NO/c1-51(2)45-24-12-10-21-41(45)43-33-32-39(34-48(43)51)53(38-30-28-36(29-31-38)35-16-5-3-6-17-35)49-27-15-23-44-42-22-11-14-26-47(42)52(54,50(44)49)46-25-13-9-20-40(46)37-18-7-4-8-19-37/h3-34,54H,1-2H3. The van der Waals surface area contributed by atoms with E-state index in [0.717, 1.165) is 61.6 Å². The van der Waals surface area contributed by atoms with E-state index in [2.05, 4.69) is 195 Å². The number of nitrogens with zero attached hydrogens (tertiary/aromatic N) is 1. The van der Waals surface area contributed by atoms with Crippen LogP contribution in [0.4, 0.5) is 17.1 Å². The molecule has 1 N–H and O–H groups in total. The van der Waals surface area contributed by atoms with Crippen LogP contribution in [0.3, 0.4) is 0 Å². The molecule has 0 bridgehead atoms. The molecule has 0 saturated carbocycles. The number of anilines is 3. The summed E-state index contributed by atoms with van der Waals surface area (Å²) in [5.74, 6) is 0. The van der Waals surface area contributed by atoms with Crippen molar-refractivity contribution in [2.75, 3.05) is 4.90 Å². The first-order valence-electron chi connectivity index (χ1n) is 18.8. The van der Waals surface area contributed by atoms with E-state index in [9.17, 15) is 5.11 Å². The monoisotopic (exact) mass is 693 g/mol. The van der Waals surface area contributed by atoms with E-state index in [1.54, 1.807) is 0 Å². The highest BCUT2D eigenvalue weighted by atomic mass is 16.3. The fourth-order valence-corrected chi connectivity index (χ4v) is 9.14. The smallest absolute Gasteiger partial charge is 0.144 e. The lowest BCUT2D eigenvalue weighted by Gasteiger charge is -2.35. The third-order valence-corrected chi connectivity index (χ3v) is 11.7. The molecule has 0 radical (unpaired) electrons. The van der Waals surface area contributed by atoms with Gasteiger partial charge in [-0.1, -0.05) is 178 Å². The molecule has 0 amide bonds. The van der Waals surface area contributed by atoms with Crippen molar-refractivity contribution in [2.24, 2.45) is 0 Å². The molecule has 54 heavy (non-hydrogen) atoms. The Labute approximate surface area is 317 Å². The van der Waals surface area contributed by atoms with E-state index in [1.165, 1.54) is 27.8 Å². The number of hydrogen-bond donors (Lipinski definition) is 1. The lowest BCUT2D eigenvalue weighted by atomic mass is 9.79. The van der Waals surface area contributed by atoms with Crippen LogP contribution >= 0.6 is 0 Å². The van der Waals surface area contributed by atoms with Gasteiger partial charge in [-0.05, 0) is 86.0 Å². The lowest BCUT2D eigenvalue weighted by molar-refractivity contribution is 0.132. The summed E-state index contributed by atoms with van der Waals surface area (Å²) in [7, 11) is 0. The minimum atomic E-state index is -1.44. The highest BCUT2D eigenvalue weighted by Crippen LogP contribution is 2.58. The van der Waals surface area contributed by atoms with Crippen molar-refractivity contribution in [3.63, 3.8) is 0 Å². The Morgan fingerprint density at radius 3 is 1.54 bits per heavy atom. The molecule has 8 aromatic rings. The Bertz CT molecular complexity index is 2690. The highest BCUT2D eigenvalue weighted by Gasteiger charge is 2.47. The zero-order valence-electron chi connectivity index (χ0n) is 30.4. The average molecular weight is 694 g/mol. The first kappa shape index (κ1) is 32.2. The van der Waals surface area contributed by atoms with Gasteiger partial charge in [0.2, 0.25) is 0 Å². The molecular weight excluding hydrogens is 655 g/mol. The summed E-state index contributed by atoms with van der Waals surface area (Å²) in [6.07, 6.45) is 0. The normalized spacial score (nSPS) is 15.9. The van der Waals surface area contributed by atoms with Gasteiger partial charge in [0.05, 0.1) is 5.69 Å². The third kappa shape index (κ3) is 4.77. The van der Waals surface area contributed by atoms with Crippen molar-refractivity contribution in [3.05, 3.63) is 222 Å². The van der Waals surface area contributed by atoms with Crippen LogP contribution in [0.1, 0.15) is 41.7 Å². The predicted octanol–water partition coefficient (Wildman–Crippen LogP) is 13.1. The average Bonchev–Trinajstić information content (AvgIpc) is 3.63. The molecule has 1 unspecified atom stereocenters. The van der Waals surface area contributed by atoms with Gasteiger partial charge in [0.25, 0.3) is 0 Å². The van der Waals surface area contributed by atoms with Crippen molar-refractivity contribution in [3.8, 4) is 44.5 Å². The van der Waals surface area contributed by atoms with Crippen molar-refractivity contribution < 1.29 is 5.11 Å². The Kier molecular flexibility index (Phi) is 7.33. The van der Waals surface area contributed by atoms with Crippen molar-refractivity contribution in [1.29, 1.82) is 0 Å². The fraction of sp³-hybridized carbons (Fsp3) is 0.0769. The maximum absolute atomic E-state index is 13.8. The van der Waals surface area contributed by atoms with Gasteiger partial charge in [-0.25, -0.2) is 0 Å². The molecule has 0 aromatic heterocycles. The summed E-state index contributed by atoms with van der Waals surface area (Å²) in [6.45, 7) is 4.66. The van der Waals surface area contributed by atoms with E-state index in [0.29, 0.717) is 0 Å². The van der Waals surface area contributed by atoms with Gasteiger partial charge in [-0.2, -0.15) is 0 Å². The van der Waals surface area contributed by atoms with Crippen molar-refractivity contribution >= 4 is 17.1 Å². The zero-order chi connectivity index (χ0) is 36.4. The van der Waals surface area contributed by atoms with Crippen LogP contribution in [0.25, 0.3) is 44.5 Å². The molecule has 8 aromatic carbocycles. The Morgan fingerprint density at radius 1 is 0.370 bits per heavy atom. The molecule has 0 aliphatic heterocycles. The summed E-state index contributed by atoms with van der Waals surface area (Å²) >= 11 is 0. The van der Waals surface area contributed by atoms with E-state index in [-0.39, 0.29) is 5.41 Å². The molecule has 0 saturated heterocycles. The lowest BCUT2D eigenvalue weighted by Crippen LogP contribution is -2.29. The SMILES string of the molecule is CC1(C)c2ccccc2-c2ccc(N(c3ccc(-c4ccccc4)cc3)c3cccc4c3C(O)(c3ccccc3-c3ccccc3)c3ccccc3-4)cc21. The Balaban J connectivity index is 1.24. The summed E-state index contributed by atoms with van der Waals surface area (Å²) in [5, 5.41) is 13.8. The second-order valence-electron chi connectivity index (χ2n) is 15.0. The largest absolute Gasteiger partial charge is 0.376 e. The van der Waals surface area contributed by atoms with Crippen LogP contribution in [0.5, 0.6) is 0 Å². The first-order valence-corrected chi connectivity index (χ1v) is 18.8. The molecule has 0 heterocycles. The molecule has 258 valence electrons. The zero-order valence-corrected chi connectivity index (χ0v) is 30.4. The summed E-state index contributed by atoms with van der Waals surface area (Å²) in [6, 6.07) is 68.7. The van der Waals surface area contributed by atoms with Gasteiger partial charge >= 0.3 is 0 Å². The number of hydrogen-bond acceptors (Lipinski definition) is 2. The predicted molar refractivity (Wildman–Crippen MR) is 224 cm³/mol. The molecule has 10 rings (SSSR count). The number of rotatable bonds is 6. The van der Waals surface area contributed by atoms with E-state index < -0.39 is 5.60 Å². The minimum Gasteiger partial charge on any atom is -0.376 e. The second-order valence-corrected chi connectivity index (χ2v) is 15.0. The maximum atomic E-state index is 13.8. The van der Waals surface area contributed by atoms with E-state index in [1.807, 2.05) is 18.2 Å². The van der Waals surface area contributed by atoms with Crippen LogP contribution in [-0.2, 0) is 11.0 Å². The molecule has 0 spiro atoms. The second kappa shape index (κ2) is 12.3. The molecular formula is C52H39NO. The van der Waals surface area contributed by atoms with E-state index >= 15 is 0 Å². The molecule has 2 aliphatic carbocycles. The maximum Gasteiger partial charge on any atom is 0.144 e. The van der Waals surface area contributed by atoms with Crippen molar-refractivity contribution in [2.45, 2.75) is 24.9 Å². The van der Waals surface area contributed by atoms with Gasteiger partial charge < -0.3 is 10.0 Å². The van der Waals surface area contributed by atoms with Gasteiger partial charge in [0.1, 0.15) is 5.60 Å². The third-order valence-electron chi connectivity index (χ3n) is 11.7. The Hall–Kier alpha value is -6.48. The molecule has 1 atom stereocenters. The number of aliphatic hydroxyl groups is 1. The molecule has 0 fully saturated rings.